The van der Waals surface area contributed by atoms with Crippen LogP contribution in [0.3, 0.4) is 0 Å². The van der Waals surface area contributed by atoms with Crippen LogP contribution in [0.1, 0.15) is 53.2 Å². The first-order valence-electron chi connectivity index (χ1n) is 10.7. The Morgan fingerprint density at radius 3 is 2.56 bits per heavy atom. The van der Waals surface area contributed by atoms with Crippen LogP contribution < -0.4 is 10.7 Å². The summed E-state index contributed by atoms with van der Waals surface area (Å²) in [6, 6.07) is 13.2. The summed E-state index contributed by atoms with van der Waals surface area (Å²) in [7, 11) is 0. The average molecular weight is 460 g/mol. The second-order valence-electron chi connectivity index (χ2n) is 8.19. The van der Waals surface area contributed by atoms with Gasteiger partial charge in [0.25, 0.3) is 6.43 Å². The van der Waals surface area contributed by atoms with Gasteiger partial charge >= 0.3 is 0 Å². The van der Waals surface area contributed by atoms with E-state index < -0.39 is 12.1 Å². The van der Waals surface area contributed by atoms with Crippen molar-refractivity contribution in [2.24, 2.45) is 0 Å². The van der Waals surface area contributed by atoms with Gasteiger partial charge in [-0.05, 0) is 63.6 Å². The molecule has 4 aromatic rings. The van der Waals surface area contributed by atoms with E-state index in [1.165, 1.54) is 18.2 Å². The van der Waals surface area contributed by atoms with Gasteiger partial charge in [0.1, 0.15) is 23.0 Å². The molecule has 1 aromatic carbocycles. The summed E-state index contributed by atoms with van der Waals surface area (Å²) in [4.78, 5) is 21.5. The lowest BCUT2D eigenvalue weighted by Gasteiger charge is -2.19. The van der Waals surface area contributed by atoms with Gasteiger partial charge in [-0.3, -0.25) is 4.79 Å². The maximum atomic E-state index is 13.3. The highest BCUT2D eigenvalue weighted by Gasteiger charge is 2.21. The number of fused-ring (bicyclic) bond motifs is 1. The van der Waals surface area contributed by atoms with Crippen LogP contribution in [0.15, 0.2) is 51.7 Å². The molecule has 4 rings (SSSR count). The molecule has 8 heteroatoms. The van der Waals surface area contributed by atoms with Crippen molar-refractivity contribution in [3.63, 3.8) is 0 Å². The number of rotatable bonds is 5. The molecule has 0 fully saturated rings. The standard InChI is InChI=1S/C26H22F2N4O2/c1-13-10-17(16(4)31-19-9-8-14(2)30-22(19)12-29)25-18(11-13)23(33)15(3)24(34-25)20-6-5-7-21(32-20)26(27)28/h5-11,16,26,31H,1-4H3. The summed E-state index contributed by atoms with van der Waals surface area (Å²) < 4.78 is 32.6. The Balaban J connectivity index is 1.89. The number of anilines is 1. The molecule has 6 nitrogen and oxygen atoms in total. The lowest BCUT2D eigenvalue weighted by molar-refractivity contribution is 0.146. The Kier molecular flexibility index (Phi) is 6.12. The van der Waals surface area contributed by atoms with Gasteiger partial charge < -0.3 is 9.73 Å². The van der Waals surface area contributed by atoms with E-state index in [9.17, 15) is 18.8 Å². The van der Waals surface area contributed by atoms with E-state index in [1.807, 2.05) is 19.9 Å². The molecule has 0 radical (unpaired) electrons. The Labute approximate surface area is 194 Å². The minimum Gasteiger partial charge on any atom is -0.454 e. The number of halogens is 2. The number of nitrogens with zero attached hydrogens (tertiary/aromatic N) is 3. The third-order valence-electron chi connectivity index (χ3n) is 5.60. The lowest BCUT2D eigenvalue weighted by Crippen LogP contribution is -2.13. The SMILES string of the molecule is Cc1cc(C(C)Nc2ccc(C)nc2C#N)c2oc(-c3cccc(C(F)F)n3)c(C)c(=O)c2c1. The van der Waals surface area contributed by atoms with Crippen molar-refractivity contribution in [3.8, 4) is 17.5 Å². The summed E-state index contributed by atoms with van der Waals surface area (Å²) in [5.74, 6) is 0.145. The van der Waals surface area contributed by atoms with Gasteiger partial charge in [0, 0.05) is 16.8 Å². The number of alkyl halides is 2. The van der Waals surface area contributed by atoms with Crippen molar-refractivity contribution in [2.45, 2.75) is 40.2 Å². The van der Waals surface area contributed by atoms with E-state index in [2.05, 4.69) is 21.4 Å². The van der Waals surface area contributed by atoms with Crippen LogP contribution in [-0.2, 0) is 0 Å². The van der Waals surface area contributed by atoms with Crippen LogP contribution >= 0.6 is 0 Å². The van der Waals surface area contributed by atoms with Crippen LogP contribution in [-0.4, -0.2) is 9.97 Å². The monoisotopic (exact) mass is 460 g/mol. The molecule has 1 N–H and O–H groups in total. The topological polar surface area (TPSA) is 91.8 Å². The maximum absolute atomic E-state index is 13.3. The number of aryl methyl sites for hydroxylation is 2. The fraction of sp³-hybridized carbons (Fsp3) is 0.231. The highest BCUT2D eigenvalue weighted by molar-refractivity contribution is 5.84. The summed E-state index contributed by atoms with van der Waals surface area (Å²) >= 11 is 0. The Morgan fingerprint density at radius 1 is 1.09 bits per heavy atom. The second kappa shape index (κ2) is 9.02. The smallest absolute Gasteiger partial charge is 0.280 e. The molecule has 0 spiro atoms. The molecular weight excluding hydrogens is 438 g/mol. The Hall–Kier alpha value is -4.12. The fourth-order valence-electron chi connectivity index (χ4n) is 3.90. The minimum atomic E-state index is -2.74. The molecule has 0 aliphatic heterocycles. The Morgan fingerprint density at radius 2 is 1.85 bits per heavy atom. The largest absolute Gasteiger partial charge is 0.454 e. The molecule has 3 aromatic heterocycles. The second-order valence-corrected chi connectivity index (χ2v) is 8.19. The number of benzene rings is 1. The number of hydrogen-bond acceptors (Lipinski definition) is 6. The van der Waals surface area contributed by atoms with E-state index in [4.69, 9.17) is 4.42 Å². The number of nitriles is 1. The van der Waals surface area contributed by atoms with Crippen LogP contribution in [0.5, 0.6) is 0 Å². The molecule has 0 aliphatic rings. The molecule has 0 bridgehead atoms. The van der Waals surface area contributed by atoms with E-state index in [1.54, 1.807) is 32.0 Å². The average Bonchev–Trinajstić information content (AvgIpc) is 2.82. The predicted octanol–water partition coefficient (Wildman–Crippen LogP) is 6.16. The van der Waals surface area contributed by atoms with E-state index >= 15 is 0 Å². The quantitative estimate of drug-likeness (QED) is 0.384. The van der Waals surface area contributed by atoms with Gasteiger partial charge in [0.2, 0.25) is 0 Å². The number of aromatic nitrogens is 2. The van der Waals surface area contributed by atoms with Gasteiger partial charge in [-0.1, -0.05) is 12.1 Å². The molecule has 3 heterocycles. The van der Waals surface area contributed by atoms with Gasteiger partial charge in [-0.25, -0.2) is 18.7 Å². The highest BCUT2D eigenvalue weighted by atomic mass is 19.3. The van der Waals surface area contributed by atoms with Crippen molar-refractivity contribution in [1.29, 1.82) is 5.26 Å². The zero-order valence-electron chi connectivity index (χ0n) is 19.1. The number of pyridine rings is 2. The van der Waals surface area contributed by atoms with Gasteiger partial charge in [0.15, 0.2) is 16.9 Å². The third-order valence-corrected chi connectivity index (χ3v) is 5.60. The summed E-state index contributed by atoms with van der Waals surface area (Å²) in [6.45, 7) is 7.15. The molecule has 0 amide bonds. The molecule has 0 aliphatic carbocycles. The van der Waals surface area contributed by atoms with Crippen molar-refractivity contribution >= 4 is 16.7 Å². The normalized spacial score (nSPS) is 12.1. The molecule has 172 valence electrons. The zero-order valence-corrected chi connectivity index (χ0v) is 19.1. The fourth-order valence-corrected chi connectivity index (χ4v) is 3.90. The highest BCUT2D eigenvalue weighted by Crippen LogP contribution is 2.32. The molecule has 0 saturated carbocycles. The predicted molar refractivity (Wildman–Crippen MR) is 126 cm³/mol. The minimum absolute atomic E-state index is 0.145. The van der Waals surface area contributed by atoms with Gasteiger partial charge in [-0.2, -0.15) is 5.26 Å². The van der Waals surface area contributed by atoms with Crippen molar-refractivity contribution in [2.75, 3.05) is 5.32 Å². The van der Waals surface area contributed by atoms with Crippen LogP contribution in [0, 0.1) is 32.1 Å². The molecule has 34 heavy (non-hydrogen) atoms. The van der Waals surface area contributed by atoms with Crippen LogP contribution in [0.2, 0.25) is 0 Å². The Bertz CT molecular complexity index is 1510. The molecular formula is C26H22F2N4O2. The van der Waals surface area contributed by atoms with Crippen LogP contribution in [0.4, 0.5) is 14.5 Å². The third kappa shape index (κ3) is 4.25. The zero-order chi connectivity index (χ0) is 24.6. The van der Waals surface area contributed by atoms with Gasteiger partial charge in [0.05, 0.1) is 17.1 Å². The number of nitrogens with one attached hydrogen (secondary N) is 1. The molecule has 1 unspecified atom stereocenters. The van der Waals surface area contributed by atoms with Crippen molar-refractivity contribution in [1.82, 2.24) is 9.97 Å². The molecule has 0 saturated heterocycles. The number of hydrogen-bond donors (Lipinski definition) is 1. The van der Waals surface area contributed by atoms with Crippen molar-refractivity contribution in [3.05, 3.63) is 86.5 Å². The molecule has 1 atom stereocenters. The first-order valence-corrected chi connectivity index (χ1v) is 10.7. The van der Waals surface area contributed by atoms with Gasteiger partial charge in [-0.15, -0.1) is 0 Å². The lowest BCUT2D eigenvalue weighted by atomic mass is 9.99. The first-order chi connectivity index (χ1) is 16.2. The van der Waals surface area contributed by atoms with E-state index in [-0.39, 0.29) is 34.2 Å². The first kappa shape index (κ1) is 23.1. The maximum Gasteiger partial charge on any atom is 0.280 e. The van der Waals surface area contributed by atoms with Crippen molar-refractivity contribution < 1.29 is 13.2 Å². The summed E-state index contributed by atoms with van der Waals surface area (Å²) in [5.41, 5.74) is 3.21. The van der Waals surface area contributed by atoms with E-state index in [0.717, 1.165) is 11.3 Å². The van der Waals surface area contributed by atoms with E-state index in [0.29, 0.717) is 22.2 Å². The van der Waals surface area contributed by atoms with Crippen LogP contribution in [0.25, 0.3) is 22.4 Å². The summed E-state index contributed by atoms with van der Waals surface area (Å²) in [6.07, 6.45) is -2.74. The summed E-state index contributed by atoms with van der Waals surface area (Å²) in [5, 5.41) is 13.1.